The lowest BCUT2D eigenvalue weighted by molar-refractivity contribution is 0.354. The van der Waals surface area contributed by atoms with Gasteiger partial charge < -0.3 is 25.0 Å². The van der Waals surface area contributed by atoms with Crippen molar-refractivity contribution in [2.45, 2.75) is 13.0 Å². The lowest BCUT2D eigenvalue weighted by Gasteiger charge is -2.28. The van der Waals surface area contributed by atoms with Gasteiger partial charge in [-0.3, -0.25) is 4.99 Å². The number of methoxy groups -OCH3 is 2. The fourth-order valence-electron chi connectivity index (χ4n) is 3.41. The van der Waals surface area contributed by atoms with Crippen LogP contribution in [0.3, 0.4) is 0 Å². The van der Waals surface area contributed by atoms with Crippen LogP contribution in [0, 0.1) is 0 Å². The average Bonchev–Trinajstić information content (AvgIpc) is 2.82. The van der Waals surface area contributed by atoms with E-state index >= 15 is 0 Å². The van der Waals surface area contributed by atoms with E-state index in [1.807, 2.05) is 23.9 Å². The van der Waals surface area contributed by atoms with E-state index in [0.717, 1.165) is 50.1 Å². The molecule has 0 aromatic heterocycles. The second-order valence-corrected chi connectivity index (χ2v) is 8.28. The molecule has 1 heterocycles. The van der Waals surface area contributed by atoms with Crippen LogP contribution in [0.5, 0.6) is 11.5 Å². The molecule has 1 aliphatic rings. The minimum atomic E-state index is 0. The Balaban J connectivity index is 0.00000341. The predicted octanol–water partition coefficient (Wildman–Crippen LogP) is 3.78. The molecule has 0 aliphatic carbocycles. The number of benzene rings is 2. The minimum Gasteiger partial charge on any atom is -0.493 e. The molecule has 170 valence electrons. The lowest BCUT2D eigenvalue weighted by atomic mass is 10.1. The van der Waals surface area contributed by atoms with Gasteiger partial charge >= 0.3 is 0 Å². The summed E-state index contributed by atoms with van der Waals surface area (Å²) in [7, 11) is 5.10. The number of ether oxygens (including phenoxy) is 2. The molecule has 1 saturated heterocycles. The van der Waals surface area contributed by atoms with Crippen molar-refractivity contribution in [1.82, 2.24) is 10.6 Å². The number of guanidine groups is 1. The molecule has 0 radical (unpaired) electrons. The highest BCUT2D eigenvalue weighted by molar-refractivity contribution is 14.0. The fourth-order valence-corrected chi connectivity index (χ4v) is 4.32. The van der Waals surface area contributed by atoms with Crippen molar-refractivity contribution in [3.05, 3.63) is 53.6 Å². The third kappa shape index (κ3) is 7.68. The summed E-state index contributed by atoms with van der Waals surface area (Å²) in [6, 6.07) is 14.8. The monoisotopic (exact) mass is 556 g/mol. The number of aliphatic imine (C=N–C) groups is 1. The van der Waals surface area contributed by atoms with Gasteiger partial charge in [0.05, 0.1) is 14.2 Å². The zero-order chi connectivity index (χ0) is 21.2. The second-order valence-electron chi connectivity index (χ2n) is 7.06. The third-order valence-corrected chi connectivity index (χ3v) is 6.09. The fraction of sp³-hybridized carbons (Fsp3) is 0.435. The molecule has 0 atom stereocenters. The van der Waals surface area contributed by atoms with Crippen LogP contribution >= 0.6 is 35.7 Å². The van der Waals surface area contributed by atoms with Gasteiger partial charge in [-0.15, -0.1) is 24.0 Å². The minimum absolute atomic E-state index is 0. The summed E-state index contributed by atoms with van der Waals surface area (Å²) in [5, 5.41) is 6.76. The van der Waals surface area contributed by atoms with Crippen molar-refractivity contribution in [3.8, 4) is 11.5 Å². The van der Waals surface area contributed by atoms with E-state index in [-0.39, 0.29) is 24.0 Å². The van der Waals surface area contributed by atoms with Gasteiger partial charge in [-0.05, 0) is 41.8 Å². The summed E-state index contributed by atoms with van der Waals surface area (Å²) in [4.78, 5) is 6.79. The molecule has 2 aromatic carbocycles. The van der Waals surface area contributed by atoms with Gasteiger partial charge in [-0.1, -0.05) is 18.2 Å². The Labute approximate surface area is 207 Å². The number of thioether (sulfide) groups is 1. The summed E-state index contributed by atoms with van der Waals surface area (Å²) in [5.74, 6) is 4.73. The van der Waals surface area contributed by atoms with Crippen LogP contribution in [0.2, 0.25) is 0 Å². The van der Waals surface area contributed by atoms with E-state index in [9.17, 15) is 0 Å². The Morgan fingerprint density at radius 3 is 2.29 bits per heavy atom. The van der Waals surface area contributed by atoms with Gasteiger partial charge in [0.1, 0.15) is 0 Å². The van der Waals surface area contributed by atoms with E-state index in [4.69, 9.17) is 9.47 Å². The number of nitrogens with one attached hydrogen (secondary N) is 2. The Hall–Kier alpha value is -1.81. The molecule has 2 aromatic rings. The topological polar surface area (TPSA) is 58.1 Å². The summed E-state index contributed by atoms with van der Waals surface area (Å²) in [6.07, 6.45) is 0.865. The first-order chi connectivity index (χ1) is 14.7. The quantitative estimate of drug-likeness (QED) is 0.293. The van der Waals surface area contributed by atoms with E-state index in [1.165, 1.54) is 28.3 Å². The normalized spacial score (nSPS) is 13.9. The van der Waals surface area contributed by atoms with Crippen molar-refractivity contribution in [2.24, 2.45) is 4.99 Å². The van der Waals surface area contributed by atoms with Gasteiger partial charge in [-0.2, -0.15) is 11.8 Å². The molecule has 31 heavy (non-hydrogen) atoms. The molecular formula is C23H33IN4O2S. The number of hydrogen-bond donors (Lipinski definition) is 2. The SMILES string of the molecule is CN=C(NCCc1ccc(OC)c(OC)c1)NCc1ccc(N2CCSCC2)cc1.I. The Bertz CT molecular complexity index is 827. The van der Waals surface area contributed by atoms with Gasteiger partial charge in [0.15, 0.2) is 17.5 Å². The zero-order valence-electron chi connectivity index (χ0n) is 18.5. The molecule has 8 heteroatoms. The highest BCUT2D eigenvalue weighted by atomic mass is 127. The van der Waals surface area contributed by atoms with E-state index < -0.39 is 0 Å². The van der Waals surface area contributed by atoms with Gasteiger partial charge in [0.2, 0.25) is 0 Å². The Kier molecular flexibility index (Phi) is 11.1. The predicted molar refractivity (Wildman–Crippen MR) is 143 cm³/mol. The molecule has 0 unspecified atom stereocenters. The van der Waals surface area contributed by atoms with Crippen molar-refractivity contribution in [1.29, 1.82) is 0 Å². The summed E-state index contributed by atoms with van der Waals surface area (Å²) in [6.45, 7) is 3.80. The molecule has 0 bridgehead atoms. The first-order valence-corrected chi connectivity index (χ1v) is 11.5. The molecular weight excluding hydrogens is 523 g/mol. The molecule has 0 amide bonds. The maximum atomic E-state index is 5.37. The van der Waals surface area contributed by atoms with E-state index in [2.05, 4.69) is 50.9 Å². The van der Waals surface area contributed by atoms with Crippen LogP contribution in [0.1, 0.15) is 11.1 Å². The highest BCUT2D eigenvalue weighted by Gasteiger charge is 2.11. The van der Waals surface area contributed by atoms with Crippen LogP contribution in [0.4, 0.5) is 5.69 Å². The van der Waals surface area contributed by atoms with Crippen molar-refractivity contribution in [3.63, 3.8) is 0 Å². The Morgan fingerprint density at radius 1 is 0.968 bits per heavy atom. The number of anilines is 1. The maximum Gasteiger partial charge on any atom is 0.191 e. The number of nitrogens with zero attached hydrogens (tertiary/aromatic N) is 2. The Morgan fingerprint density at radius 2 is 1.65 bits per heavy atom. The molecule has 1 fully saturated rings. The standard InChI is InChI=1S/C23H32N4O2S.HI/c1-24-23(25-11-10-18-6-9-21(28-2)22(16-18)29-3)26-17-19-4-7-20(8-5-19)27-12-14-30-15-13-27;/h4-9,16H,10-15,17H2,1-3H3,(H2,24,25,26);1H. The van der Waals surface area contributed by atoms with Gasteiger partial charge in [0, 0.05) is 50.4 Å². The van der Waals surface area contributed by atoms with Crippen molar-refractivity contribution in [2.75, 3.05) is 57.3 Å². The maximum absolute atomic E-state index is 5.37. The first-order valence-electron chi connectivity index (χ1n) is 10.3. The molecule has 6 nitrogen and oxygen atoms in total. The van der Waals surface area contributed by atoms with Crippen molar-refractivity contribution < 1.29 is 9.47 Å². The lowest BCUT2D eigenvalue weighted by Crippen LogP contribution is -2.37. The van der Waals surface area contributed by atoms with E-state index in [0.29, 0.717) is 0 Å². The van der Waals surface area contributed by atoms with Crippen LogP contribution < -0.4 is 25.0 Å². The summed E-state index contributed by atoms with van der Waals surface area (Å²) < 4.78 is 10.7. The van der Waals surface area contributed by atoms with Crippen LogP contribution in [-0.2, 0) is 13.0 Å². The first kappa shape index (κ1) is 25.5. The molecule has 1 aliphatic heterocycles. The second kappa shape index (κ2) is 13.6. The summed E-state index contributed by atoms with van der Waals surface area (Å²) >= 11 is 2.03. The largest absolute Gasteiger partial charge is 0.493 e. The molecule has 2 N–H and O–H groups in total. The third-order valence-electron chi connectivity index (χ3n) is 5.15. The van der Waals surface area contributed by atoms with Gasteiger partial charge in [0.25, 0.3) is 0 Å². The zero-order valence-corrected chi connectivity index (χ0v) is 21.7. The van der Waals surface area contributed by atoms with E-state index in [1.54, 1.807) is 21.3 Å². The number of rotatable bonds is 8. The van der Waals surface area contributed by atoms with Crippen LogP contribution in [-0.4, -0.2) is 58.4 Å². The molecule has 3 rings (SSSR count). The molecule has 0 spiro atoms. The number of hydrogen-bond acceptors (Lipinski definition) is 5. The van der Waals surface area contributed by atoms with Crippen molar-refractivity contribution >= 4 is 47.4 Å². The molecule has 0 saturated carbocycles. The number of halogens is 1. The van der Waals surface area contributed by atoms with Crippen LogP contribution in [0.15, 0.2) is 47.5 Å². The summed E-state index contributed by atoms with van der Waals surface area (Å²) in [5.41, 5.74) is 3.74. The van der Waals surface area contributed by atoms with Crippen LogP contribution in [0.25, 0.3) is 0 Å². The van der Waals surface area contributed by atoms with Gasteiger partial charge in [-0.25, -0.2) is 0 Å². The smallest absolute Gasteiger partial charge is 0.191 e. The highest BCUT2D eigenvalue weighted by Crippen LogP contribution is 2.27. The average molecular weight is 557 g/mol.